The number of benzene rings is 1. The van der Waals surface area contributed by atoms with Crippen molar-refractivity contribution < 1.29 is 14.6 Å². The van der Waals surface area contributed by atoms with Gasteiger partial charge in [0.2, 0.25) is 0 Å². The van der Waals surface area contributed by atoms with Gasteiger partial charge in [-0.3, -0.25) is 4.79 Å². The van der Waals surface area contributed by atoms with Crippen LogP contribution in [0.3, 0.4) is 0 Å². The van der Waals surface area contributed by atoms with Gasteiger partial charge in [-0.1, -0.05) is 17.7 Å². The first-order valence-electron chi connectivity index (χ1n) is 8.33. The Morgan fingerprint density at radius 3 is 2.45 bits per heavy atom. The molecule has 0 aliphatic heterocycles. The summed E-state index contributed by atoms with van der Waals surface area (Å²) in [5, 5.41) is 9.92. The number of aliphatic hydroxyl groups excluding tert-OH is 1. The molecule has 0 bridgehead atoms. The van der Waals surface area contributed by atoms with Crippen molar-refractivity contribution in [3.05, 3.63) is 34.4 Å². The summed E-state index contributed by atoms with van der Waals surface area (Å²) in [4.78, 5) is 12.1. The zero-order valence-electron chi connectivity index (χ0n) is 14.2. The molecular formula is C19H28O3. The van der Waals surface area contributed by atoms with Gasteiger partial charge in [-0.05, 0) is 76.0 Å². The number of carbonyl (C=O) groups excluding carboxylic acids is 1. The summed E-state index contributed by atoms with van der Waals surface area (Å²) in [5.41, 5.74) is 5.32. The van der Waals surface area contributed by atoms with E-state index in [9.17, 15) is 9.90 Å². The first-order chi connectivity index (χ1) is 10.4. The van der Waals surface area contributed by atoms with E-state index >= 15 is 0 Å². The van der Waals surface area contributed by atoms with Crippen molar-refractivity contribution >= 4 is 5.97 Å². The second-order valence-corrected chi connectivity index (χ2v) is 6.66. The van der Waals surface area contributed by atoms with Crippen LogP contribution in [0, 0.1) is 32.6 Å². The number of ether oxygens (including phenoxy) is 1. The van der Waals surface area contributed by atoms with Crippen LogP contribution in [-0.2, 0) is 16.0 Å². The Kier molecular flexibility index (Phi) is 5.63. The fourth-order valence-electron chi connectivity index (χ4n) is 3.89. The Labute approximate surface area is 133 Å². The Morgan fingerprint density at radius 2 is 1.86 bits per heavy atom. The third kappa shape index (κ3) is 3.89. The molecule has 0 aromatic heterocycles. The minimum Gasteiger partial charge on any atom is -0.466 e. The van der Waals surface area contributed by atoms with Crippen LogP contribution in [0.25, 0.3) is 0 Å². The second kappa shape index (κ2) is 7.28. The van der Waals surface area contributed by atoms with Gasteiger partial charge < -0.3 is 9.84 Å². The van der Waals surface area contributed by atoms with Crippen LogP contribution in [0.1, 0.15) is 48.4 Å². The van der Waals surface area contributed by atoms with Crippen molar-refractivity contribution in [1.82, 2.24) is 0 Å². The molecule has 22 heavy (non-hydrogen) atoms. The van der Waals surface area contributed by atoms with Crippen LogP contribution >= 0.6 is 0 Å². The van der Waals surface area contributed by atoms with Crippen molar-refractivity contribution in [3.63, 3.8) is 0 Å². The average Bonchev–Trinajstić information content (AvgIpc) is 2.79. The molecule has 1 aliphatic carbocycles. The highest BCUT2D eigenvalue weighted by Crippen LogP contribution is 2.36. The summed E-state index contributed by atoms with van der Waals surface area (Å²) in [7, 11) is 0. The minimum absolute atomic E-state index is 0.138. The van der Waals surface area contributed by atoms with Gasteiger partial charge in [0.05, 0.1) is 18.6 Å². The molecule has 2 rings (SSSR count). The van der Waals surface area contributed by atoms with E-state index in [-0.39, 0.29) is 23.9 Å². The van der Waals surface area contributed by atoms with Gasteiger partial charge in [0.1, 0.15) is 0 Å². The van der Waals surface area contributed by atoms with Crippen molar-refractivity contribution in [2.24, 2.45) is 11.8 Å². The molecule has 0 radical (unpaired) electrons. The summed E-state index contributed by atoms with van der Waals surface area (Å²) in [5.74, 6) is -0.0448. The van der Waals surface area contributed by atoms with Crippen LogP contribution in [0.4, 0.5) is 0 Å². The summed E-state index contributed by atoms with van der Waals surface area (Å²) in [6.07, 6.45) is 2.80. The van der Waals surface area contributed by atoms with Crippen molar-refractivity contribution in [3.8, 4) is 0 Å². The Bertz CT molecular complexity index is 512. The molecule has 1 aromatic rings. The first kappa shape index (κ1) is 17.0. The average molecular weight is 304 g/mol. The van der Waals surface area contributed by atoms with Gasteiger partial charge >= 0.3 is 5.97 Å². The predicted octanol–water partition coefficient (Wildman–Crippen LogP) is 3.49. The van der Waals surface area contributed by atoms with Crippen LogP contribution in [0.2, 0.25) is 0 Å². The Hall–Kier alpha value is -1.35. The van der Waals surface area contributed by atoms with Gasteiger partial charge in [-0.25, -0.2) is 0 Å². The van der Waals surface area contributed by atoms with Gasteiger partial charge in [0.25, 0.3) is 0 Å². The third-order valence-electron chi connectivity index (χ3n) is 4.86. The molecule has 3 heteroatoms. The molecule has 0 amide bonds. The lowest BCUT2D eigenvalue weighted by Gasteiger charge is -2.19. The molecule has 122 valence electrons. The normalized spacial score (nSPS) is 24.5. The number of aliphatic hydroxyl groups is 1. The summed E-state index contributed by atoms with van der Waals surface area (Å²) in [6, 6.07) is 4.43. The largest absolute Gasteiger partial charge is 0.466 e. The lowest BCUT2D eigenvalue weighted by molar-refractivity contribution is -0.149. The molecule has 3 unspecified atom stereocenters. The number of rotatable bonds is 5. The van der Waals surface area contributed by atoms with Crippen molar-refractivity contribution in [2.75, 3.05) is 6.61 Å². The summed E-state index contributed by atoms with van der Waals surface area (Å²) >= 11 is 0. The molecule has 1 fully saturated rings. The lowest BCUT2D eigenvalue weighted by atomic mass is 9.87. The molecule has 1 saturated carbocycles. The molecule has 0 spiro atoms. The first-order valence-corrected chi connectivity index (χ1v) is 8.33. The Morgan fingerprint density at radius 1 is 1.23 bits per heavy atom. The highest BCUT2D eigenvalue weighted by atomic mass is 16.5. The van der Waals surface area contributed by atoms with E-state index in [1.807, 2.05) is 6.92 Å². The topological polar surface area (TPSA) is 46.5 Å². The fraction of sp³-hybridized carbons (Fsp3) is 0.632. The summed E-state index contributed by atoms with van der Waals surface area (Å²) < 4.78 is 5.17. The number of hydrogen-bond acceptors (Lipinski definition) is 3. The highest BCUT2D eigenvalue weighted by Gasteiger charge is 2.38. The van der Waals surface area contributed by atoms with E-state index in [0.717, 1.165) is 12.8 Å². The lowest BCUT2D eigenvalue weighted by Crippen LogP contribution is -2.22. The quantitative estimate of drug-likeness (QED) is 0.847. The SMILES string of the molecule is CCOC(=O)C1CC(O)CC1CCc1c(C)cc(C)cc1C. The second-order valence-electron chi connectivity index (χ2n) is 6.66. The maximum atomic E-state index is 12.1. The molecule has 3 atom stereocenters. The molecule has 1 aliphatic rings. The monoisotopic (exact) mass is 304 g/mol. The highest BCUT2D eigenvalue weighted by molar-refractivity contribution is 5.73. The van der Waals surface area contributed by atoms with E-state index in [0.29, 0.717) is 19.4 Å². The minimum atomic E-state index is -0.361. The molecule has 3 nitrogen and oxygen atoms in total. The van der Waals surface area contributed by atoms with E-state index in [4.69, 9.17) is 4.74 Å². The van der Waals surface area contributed by atoms with Gasteiger partial charge in [-0.2, -0.15) is 0 Å². The molecular weight excluding hydrogens is 276 g/mol. The molecule has 1 N–H and O–H groups in total. The fourth-order valence-corrected chi connectivity index (χ4v) is 3.89. The van der Waals surface area contributed by atoms with Gasteiger partial charge in [-0.15, -0.1) is 0 Å². The van der Waals surface area contributed by atoms with E-state index in [1.54, 1.807) is 0 Å². The zero-order chi connectivity index (χ0) is 16.3. The zero-order valence-corrected chi connectivity index (χ0v) is 14.2. The van der Waals surface area contributed by atoms with Gasteiger partial charge in [0.15, 0.2) is 0 Å². The number of esters is 1. The Balaban J connectivity index is 2.05. The number of hydrogen-bond donors (Lipinski definition) is 1. The predicted molar refractivity (Wildman–Crippen MR) is 87.8 cm³/mol. The molecule has 1 aromatic carbocycles. The van der Waals surface area contributed by atoms with Crippen molar-refractivity contribution in [2.45, 2.75) is 59.5 Å². The maximum absolute atomic E-state index is 12.1. The van der Waals surface area contributed by atoms with E-state index in [1.165, 1.54) is 22.3 Å². The van der Waals surface area contributed by atoms with Crippen LogP contribution in [0.5, 0.6) is 0 Å². The molecule has 0 saturated heterocycles. The number of aryl methyl sites for hydroxylation is 3. The standard InChI is InChI=1S/C19H28O3/c1-5-22-19(21)18-11-16(20)10-15(18)6-7-17-13(3)8-12(2)9-14(17)4/h8-9,15-16,18,20H,5-7,10-11H2,1-4H3. The van der Waals surface area contributed by atoms with Crippen molar-refractivity contribution in [1.29, 1.82) is 0 Å². The molecule has 0 heterocycles. The van der Waals surface area contributed by atoms with Crippen LogP contribution in [-0.4, -0.2) is 23.8 Å². The van der Waals surface area contributed by atoms with E-state index < -0.39 is 0 Å². The number of carbonyl (C=O) groups is 1. The summed E-state index contributed by atoms with van der Waals surface area (Å²) in [6.45, 7) is 8.67. The van der Waals surface area contributed by atoms with Gasteiger partial charge in [0, 0.05) is 0 Å². The van der Waals surface area contributed by atoms with Crippen LogP contribution in [0.15, 0.2) is 12.1 Å². The third-order valence-corrected chi connectivity index (χ3v) is 4.86. The maximum Gasteiger partial charge on any atom is 0.309 e. The van der Waals surface area contributed by atoms with Crippen LogP contribution < -0.4 is 0 Å². The smallest absolute Gasteiger partial charge is 0.309 e. The van der Waals surface area contributed by atoms with E-state index in [2.05, 4.69) is 32.9 Å².